The second-order valence-corrected chi connectivity index (χ2v) is 8.27. The molecule has 0 aromatic heterocycles. The van der Waals surface area contributed by atoms with Gasteiger partial charge < -0.3 is 24.4 Å². The van der Waals surface area contributed by atoms with Crippen molar-refractivity contribution >= 4 is 40.7 Å². The van der Waals surface area contributed by atoms with Gasteiger partial charge in [0.05, 0.1) is 18.6 Å². The zero-order valence-electron chi connectivity index (χ0n) is 19.2. The number of methoxy groups -OCH3 is 1. The molecular weight excluding hydrogens is 474 g/mol. The molecule has 0 saturated heterocycles. The number of aryl methyl sites for hydroxylation is 1. The first-order valence-corrected chi connectivity index (χ1v) is 11.3. The zero-order chi connectivity index (χ0) is 25.5. The van der Waals surface area contributed by atoms with Crippen LogP contribution in [0, 0.1) is 6.92 Å². The molecule has 2 aromatic carbocycles. The highest BCUT2D eigenvalue weighted by molar-refractivity contribution is 8.18. The lowest BCUT2D eigenvalue weighted by Crippen LogP contribution is -2.14. The number of carboxylic acids is 1. The molecule has 1 heterocycles. The Morgan fingerprint density at radius 2 is 1.80 bits per heavy atom. The number of ether oxygens (including phenoxy) is 3. The SMILES string of the molecule is CCOC(=O)C1=C(O)/C(=C/c2ccc(OCC(=O)O)c(OC)c2)SC1=NC(=O)c1ccc(C)cc1. The van der Waals surface area contributed by atoms with Gasteiger partial charge in [0.15, 0.2) is 18.1 Å². The summed E-state index contributed by atoms with van der Waals surface area (Å²) in [5.41, 5.74) is 1.68. The van der Waals surface area contributed by atoms with Gasteiger partial charge in [0.1, 0.15) is 16.4 Å². The van der Waals surface area contributed by atoms with Crippen LogP contribution in [0.3, 0.4) is 0 Å². The summed E-state index contributed by atoms with van der Waals surface area (Å²) in [6.45, 7) is 3.06. The fourth-order valence-electron chi connectivity index (χ4n) is 3.03. The number of carbonyl (C=O) groups excluding carboxylic acids is 2. The van der Waals surface area contributed by atoms with E-state index in [9.17, 15) is 19.5 Å². The minimum absolute atomic E-state index is 0.0196. The third-order valence-electron chi connectivity index (χ3n) is 4.71. The molecule has 0 aliphatic carbocycles. The van der Waals surface area contributed by atoms with Crippen molar-refractivity contribution in [2.24, 2.45) is 4.99 Å². The van der Waals surface area contributed by atoms with E-state index in [0.717, 1.165) is 17.3 Å². The van der Waals surface area contributed by atoms with E-state index in [1.807, 2.05) is 6.92 Å². The summed E-state index contributed by atoms with van der Waals surface area (Å²) < 4.78 is 15.5. The molecule has 1 aliphatic heterocycles. The van der Waals surface area contributed by atoms with Gasteiger partial charge in [-0.3, -0.25) is 4.79 Å². The number of thioether (sulfide) groups is 1. The predicted octanol–water partition coefficient (Wildman–Crippen LogP) is 4.17. The number of carboxylic acid groups (broad SMARTS) is 1. The van der Waals surface area contributed by atoms with Crippen molar-refractivity contribution in [1.82, 2.24) is 0 Å². The maximum Gasteiger partial charge on any atom is 0.344 e. The first kappa shape index (κ1) is 25.6. The summed E-state index contributed by atoms with van der Waals surface area (Å²) in [4.78, 5) is 40.3. The van der Waals surface area contributed by atoms with Gasteiger partial charge in [-0.2, -0.15) is 0 Å². The van der Waals surface area contributed by atoms with Crippen molar-refractivity contribution in [1.29, 1.82) is 0 Å². The minimum atomic E-state index is -1.13. The quantitative estimate of drug-likeness (QED) is 0.516. The van der Waals surface area contributed by atoms with E-state index in [1.54, 1.807) is 49.4 Å². The Hall–Kier alpha value is -4.05. The van der Waals surface area contributed by atoms with Crippen molar-refractivity contribution in [3.63, 3.8) is 0 Å². The smallest absolute Gasteiger partial charge is 0.344 e. The number of amides is 1. The predicted molar refractivity (Wildman–Crippen MR) is 131 cm³/mol. The summed E-state index contributed by atoms with van der Waals surface area (Å²) in [6, 6.07) is 11.5. The Balaban J connectivity index is 1.97. The number of aliphatic carboxylic acids is 1. The van der Waals surface area contributed by atoms with Gasteiger partial charge in [0.25, 0.3) is 5.91 Å². The van der Waals surface area contributed by atoms with E-state index in [-0.39, 0.29) is 39.4 Å². The lowest BCUT2D eigenvalue weighted by atomic mass is 10.1. The number of aliphatic hydroxyl groups is 1. The van der Waals surface area contributed by atoms with Crippen LogP contribution < -0.4 is 9.47 Å². The minimum Gasteiger partial charge on any atom is -0.506 e. The number of aliphatic imine (C=N–C) groups is 1. The highest BCUT2D eigenvalue weighted by Gasteiger charge is 2.34. The molecule has 1 amide bonds. The largest absolute Gasteiger partial charge is 0.506 e. The first-order chi connectivity index (χ1) is 16.7. The second kappa shape index (κ2) is 11.4. The van der Waals surface area contributed by atoms with E-state index in [2.05, 4.69) is 4.99 Å². The molecule has 182 valence electrons. The summed E-state index contributed by atoms with van der Waals surface area (Å²) in [5.74, 6) is -2.35. The van der Waals surface area contributed by atoms with Crippen LogP contribution in [0.2, 0.25) is 0 Å². The zero-order valence-corrected chi connectivity index (χ0v) is 20.0. The van der Waals surface area contributed by atoms with Crippen LogP contribution in [0.5, 0.6) is 11.5 Å². The van der Waals surface area contributed by atoms with Crippen molar-refractivity contribution in [3.05, 3.63) is 75.4 Å². The van der Waals surface area contributed by atoms with E-state index in [4.69, 9.17) is 19.3 Å². The molecule has 10 heteroatoms. The average Bonchev–Trinajstić information content (AvgIpc) is 3.12. The van der Waals surface area contributed by atoms with Crippen LogP contribution in [0.4, 0.5) is 0 Å². The van der Waals surface area contributed by atoms with Crippen molar-refractivity contribution in [3.8, 4) is 11.5 Å². The maximum atomic E-state index is 12.7. The molecule has 0 atom stereocenters. The van der Waals surface area contributed by atoms with Gasteiger partial charge in [-0.25, -0.2) is 14.6 Å². The second-order valence-electron chi connectivity index (χ2n) is 7.24. The van der Waals surface area contributed by atoms with Gasteiger partial charge >= 0.3 is 11.9 Å². The number of aliphatic hydroxyl groups excluding tert-OH is 1. The standard InChI is InChI=1S/C25H23NO8S/c1-4-33-25(31)21-22(29)19(35-24(21)26-23(30)16-8-5-14(2)6-9-16)12-15-7-10-17(18(11-15)32-3)34-13-20(27)28/h5-12,29H,4,13H2,1-3H3,(H,27,28)/b19-12-,26-24?. The van der Waals surface area contributed by atoms with Crippen LogP contribution in [0.15, 0.2) is 63.7 Å². The Bertz CT molecular complexity index is 1240. The third kappa shape index (κ3) is 6.30. The van der Waals surface area contributed by atoms with Gasteiger partial charge in [-0.1, -0.05) is 35.5 Å². The highest BCUT2D eigenvalue weighted by atomic mass is 32.2. The van der Waals surface area contributed by atoms with Crippen LogP contribution in [-0.2, 0) is 14.3 Å². The molecule has 0 radical (unpaired) electrons. The average molecular weight is 498 g/mol. The van der Waals surface area contributed by atoms with Crippen molar-refractivity contribution in [2.45, 2.75) is 13.8 Å². The van der Waals surface area contributed by atoms with E-state index >= 15 is 0 Å². The molecule has 9 nitrogen and oxygen atoms in total. The molecule has 0 unspecified atom stereocenters. The maximum absolute atomic E-state index is 12.7. The molecule has 2 N–H and O–H groups in total. The topological polar surface area (TPSA) is 132 Å². The van der Waals surface area contributed by atoms with Crippen LogP contribution in [0.25, 0.3) is 6.08 Å². The number of carbonyl (C=O) groups is 3. The van der Waals surface area contributed by atoms with Crippen molar-refractivity contribution in [2.75, 3.05) is 20.3 Å². The molecule has 3 rings (SSSR count). The van der Waals surface area contributed by atoms with Gasteiger partial charge in [0.2, 0.25) is 0 Å². The summed E-state index contributed by atoms with van der Waals surface area (Å²) >= 11 is 0.949. The number of rotatable bonds is 8. The number of hydrogen-bond acceptors (Lipinski definition) is 8. The normalized spacial score (nSPS) is 15.4. The number of benzene rings is 2. The number of hydrogen-bond donors (Lipinski definition) is 2. The van der Waals surface area contributed by atoms with Crippen molar-refractivity contribution < 1.29 is 38.8 Å². The first-order valence-electron chi connectivity index (χ1n) is 10.5. The molecule has 0 fully saturated rings. The summed E-state index contributed by atoms with van der Waals surface area (Å²) in [6.07, 6.45) is 1.57. The molecular formula is C25H23NO8S. The fourth-order valence-corrected chi connectivity index (χ4v) is 4.04. The third-order valence-corrected chi connectivity index (χ3v) is 5.73. The lowest BCUT2D eigenvalue weighted by molar-refractivity contribution is -0.139. The van der Waals surface area contributed by atoms with E-state index in [1.165, 1.54) is 13.2 Å². The summed E-state index contributed by atoms with van der Waals surface area (Å²) in [7, 11) is 1.40. The van der Waals surface area contributed by atoms with Crippen LogP contribution in [0.1, 0.15) is 28.4 Å². The molecule has 0 bridgehead atoms. The molecule has 0 saturated carbocycles. The Morgan fingerprint density at radius 1 is 1.09 bits per heavy atom. The Kier molecular flexibility index (Phi) is 8.32. The highest BCUT2D eigenvalue weighted by Crippen LogP contribution is 2.40. The molecule has 1 aliphatic rings. The number of nitrogens with zero attached hydrogens (tertiary/aromatic N) is 1. The monoisotopic (exact) mass is 497 g/mol. The Labute approximate surface area is 205 Å². The van der Waals surface area contributed by atoms with Gasteiger partial charge in [0, 0.05) is 5.56 Å². The van der Waals surface area contributed by atoms with E-state index < -0.39 is 24.5 Å². The van der Waals surface area contributed by atoms with Crippen LogP contribution in [-0.4, -0.2) is 53.4 Å². The molecule has 35 heavy (non-hydrogen) atoms. The van der Waals surface area contributed by atoms with Gasteiger partial charge in [-0.15, -0.1) is 0 Å². The molecule has 2 aromatic rings. The van der Waals surface area contributed by atoms with Gasteiger partial charge in [-0.05, 0) is 49.8 Å². The number of esters is 1. The lowest BCUT2D eigenvalue weighted by Gasteiger charge is -2.10. The summed E-state index contributed by atoms with van der Waals surface area (Å²) in [5, 5.41) is 19.6. The Morgan fingerprint density at radius 3 is 2.43 bits per heavy atom. The molecule has 0 spiro atoms. The fraction of sp³-hybridized carbons (Fsp3) is 0.200. The van der Waals surface area contributed by atoms with E-state index in [0.29, 0.717) is 11.1 Å². The van der Waals surface area contributed by atoms with Crippen LogP contribution >= 0.6 is 11.8 Å².